The van der Waals surface area contributed by atoms with Crippen molar-refractivity contribution in [3.63, 3.8) is 0 Å². The molecular weight excluding hydrogens is 413 g/mol. The number of nitrogens with one attached hydrogen (secondary N) is 1. The molecule has 0 spiro atoms. The first-order valence-electron chi connectivity index (χ1n) is 9.74. The topological polar surface area (TPSA) is 74.9 Å². The van der Waals surface area contributed by atoms with Gasteiger partial charge >= 0.3 is 0 Å². The van der Waals surface area contributed by atoms with Crippen LogP contribution in [0.4, 0.5) is 0 Å². The molecule has 0 saturated carbocycles. The second-order valence-corrected chi connectivity index (χ2v) is 7.88. The van der Waals surface area contributed by atoms with E-state index in [1.54, 1.807) is 18.2 Å². The van der Waals surface area contributed by atoms with Crippen molar-refractivity contribution in [3.8, 4) is 5.75 Å². The first-order valence-corrected chi connectivity index (χ1v) is 10.5. The Balaban J connectivity index is 1.55. The molecular formula is C20H27Cl2N5O2. The first kappa shape index (κ1) is 21.7. The summed E-state index contributed by atoms with van der Waals surface area (Å²) >= 11 is 12.1. The van der Waals surface area contributed by atoms with Crippen LogP contribution < -0.4 is 10.1 Å². The van der Waals surface area contributed by atoms with E-state index in [9.17, 15) is 5.11 Å². The number of rotatable bonds is 7. The molecule has 0 radical (unpaired) electrons. The zero-order valence-corrected chi connectivity index (χ0v) is 18.2. The highest BCUT2D eigenvalue weighted by Crippen LogP contribution is 2.31. The smallest absolute Gasteiger partial charge is 0.194 e. The van der Waals surface area contributed by atoms with Crippen molar-refractivity contribution in [3.05, 3.63) is 46.2 Å². The van der Waals surface area contributed by atoms with E-state index >= 15 is 0 Å². The van der Waals surface area contributed by atoms with E-state index < -0.39 is 6.10 Å². The monoisotopic (exact) mass is 439 g/mol. The second kappa shape index (κ2) is 10.2. The van der Waals surface area contributed by atoms with E-state index in [-0.39, 0.29) is 13.2 Å². The Morgan fingerprint density at radius 1 is 1.45 bits per heavy atom. The number of aromatic nitrogens is 2. The van der Waals surface area contributed by atoms with E-state index in [1.807, 2.05) is 24.9 Å². The molecule has 158 valence electrons. The first-order chi connectivity index (χ1) is 14.0. The lowest BCUT2D eigenvalue weighted by Crippen LogP contribution is -2.40. The SMILES string of the molecule is CCNC(=NCC(O)COc1cccc(Cl)c1Cl)N1CCC(c2cnn(C)c2)C1. The standard InChI is InChI=1S/C20H27Cl2N5O2/c1-3-23-20(27-8-7-14(12-27)15-9-25-26(2)11-15)24-10-16(28)13-29-18-6-4-5-17(21)19(18)22/h4-6,9,11,14,16,28H,3,7-8,10,12-13H2,1-2H3,(H,23,24). The third-order valence-corrected chi connectivity index (χ3v) is 5.62. The van der Waals surface area contributed by atoms with Gasteiger partial charge in [0, 0.05) is 38.8 Å². The summed E-state index contributed by atoms with van der Waals surface area (Å²) in [4.78, 5) is 6.83. The van der Waals surface area contributed by atoms with Crippen LogP contribution in [0.25, 0.3) is 0 Å². The van der Waals surface area contributed by atoms with Crippen molar-refractivity contribution in [1.29, 1.82) is 0 Å². The molecule has 7 nitrogen and oxygen atoms in total. The number of aryl methyl sites for hydroxylation is 1. The minimum Gasteiger partial charge on any atom is -0.489 e. The molecule has 1 fully saturated rings. The van der Waals surface area contributed by atoms with Gasteiger partial charge in [-0.05, 0) is 31.0 Å². The number of aliphatic imine (C=N–C) groups is 1. The fourth-order valence-electron chi connectivity index (χ4n) is 3.33. The summed E-state index contributed by atoms with van der Waals surface area (Å²) in [6, 6.07) is 5.16. The highest BCUT2D eigenvalue weighted by molar-refractivity contribution is 6.42. The van der Waals surface area contributed by atoms with Gasteiger partial charge in [0.2, 0.25) is 0 Å². The Bertz CT molecular complexity index is 842. The predicted molar refractivity (Wildman–Crippen MR) is 116 cm³/mol. The number of aliphatic hydroxyl groups is 1. The van der Waals surface area contributed by atoms with Crippen molar-refractivity contribution in [2.45, 2.75) is 25.4 Å². The number of halogens is 2. The van der Waals surface area contributed by atoms with Gasteiger partial charge in [-0.1, -0.05) is 29.3 Å². The number of nitrogens with zero attached hydrogens (tertiary/aromatic N) is 4. The molecule has 2 aromatic rings. The van der Waals surface area contributed by atoms with Gasteiger partial charge < -0.3 is 20.1 Å². The predicted octanol–water partition coefficient (Wildman–Crippen LogP) is 2.92. The van der Waals surface area contributed by atoms with Gasteiger partial charge in [0.05, 0.1) is 17.8 Å². The molecule has 9 heteroatoms. The van der Waals surface area contributed by atoms with Crippen LogP contribution in [-0.2, 0) is 7.05 Å². The Kier molecular flexibility index (Phi) is 7.64. The van der Waals surface area contributed by atoms with Crippen LogP contribution in [0.15, 0.2) is 35.6 Å². The molecule has 0 aliphatic carbocycles. The number of benzene rings is 1. The number of likely N-dealkylation sites (tertiary alicyclic amines) is 1. The molecule has 0 bridgehead atoms. The number of hydrogen-bond acceptors (Lipinski definition) is 4. The average Bonchev–Trinajstić information content (AvgIpc) is 3.35. The molecule has 0 amide bonds. The number of guanidine groups is 1. The van der Waals surface area contributed by atoms with Crippen molar-refractivity contribution >= 4 is 29.2 Å². The van der Waals surface area contributed by atoms with Gasteiger partial charge in [0.1, 0.15) is 23.5 Å². The summed E-state index contributed by atoms with van der Waals surface area (Å²) in [5.41, 5.74) is 1.25. The molecule has 2 unspecified atom stereocenters. The van der Waals surface area contributed by atoms with Crippen LogP contribution in [0.5, 0.6) is 5.75 Å². The fourth-order valence-corrected chi connectivity index (χ4v) is 3.67. The molecule has 1 aromatic heterocycles. The number of ether oxygens (including phenoxy) is 1. The lowest BCUT2D eigenvalue weighted by Gasteiger charge is -2.22. The summed E-state index contributed by atoms with van der Waals surface area (Å²) in [6.07, 6.45) is 4.30. The maximum absolute atomic E-state index is 10.3. The van der Waals surface area contributed by atoms with Crippen molar-refractivity contribution < 1.29 is 9.84 Å². The largest absolute Gasteiger partial charge is 0.489 e. The zero-order chi connectivity index (χ0) is 20.8. The van der Waals surface area contributed by atoms with Gasteiger partial charge in [-0.25, -0.2) is 0 Å². The number of hydrogen-bond donors (Lipinski definition) is 2. The molecule has 1 saturated heterocycles. The van der Waals surface area contributed by atoms with Crippen LogP contribution in [-0.4, -0.2) is 64.6 Å². The van der Waals surface area contributed by atoms with Crippen molar-refractivity contribution in [2.24, 2.45) is 12.0 Å². The molecule has 1 aliphatic heterocycles. The van der Waals surface area contributed by atoms with Gasteiger partial charge in [0.25, 0.3) is 0 Å². The van der Waals surface area contributed by atoms with E-state index in [0.717, 1.165) is 32.0 Å². The average molecular weight is 440 g/mol. The quantitative estimate of drug-likeness (QED) is 0.512. The van der Waals surface area contributed by atoms with Crippen LogP contribution in [0, 0.1) is 0 Å². The number of aliphatic hydroxyl groups excluding tert-OH is 1. The Labute approximate surface area is 181 Å². The minimum absolute atomic E-state index is 0.0846. The fraction of sp³-hybridized carbons (Fsp3) is 0.500. The second-order valence-electron chi connectivity index (χ2n) is 7.09. The summed E-state index contributed by atoms with van der Waals surface area (Å²) in [5.74, 6) is 1.69. The van der Waals surface area contributed by atoms with E-state index in [1.165, 1.54) is 5.56 Å². The molecule has 29 heavy (non-hydrogen) atoms. The molecule has 2 heterocycles. The van der Waals surface area contributed by atoms with E-state index in [2.05, 4.69) is 26.5 Å². The summed E-state index contributed by atoms with van der Waals surface area (Å²) < 4.78 is 7.43. The molecule has 1 aromatic carbocycles. The van der Waals surface area contributed by atoms with E-state index in [0.29, 0.717) is 21.7 Å². The van der Waals surface area contributed by atoms with Gasteiger partial charge in [-0.15, -0.1) is 0 Å². The summed E-state index contributed by atoms with van der Waals surface area (Å²) in [6.45, 7) is 4.90. The maximum atomic E-state index is 10.3. The third kappa shape index (κ3) is 5.78. The van der Waals surface area contributed by atoms with Crippen molar-refractivity contribution in [1.82, 2.24) is 20.0 Å². The Morgan fingerprint density at radius 2 is 2.28 bits per heavy atom. The molecule has 1 aliphatic rings. The lowest BCUT2D eigenvalue weighted by molar-refractivity contribution is 0.114. The van der Waals surface area contributed by atoms with Crippen LogP contribution >= 0.6 is 23.2 Å². The normalized spacial score (nSPS) is 18.2. The summed E-state index contributed by atoms with van der Waals surface area (Å²) in [7, 11) is 1.93. The molecule has 2 N–H and O–H groups in total. The van der Waals surface area contributed by atoms with Crippen LogP contribution in [0.3, 0.4) is 0 Å². The minimum atomic E-state index is -0.754. The van der Waals surface area contributed by atoms with Crippen LogP contribution in [0.2, 0.25) is 10.0 Å². The third-order valence-electron chi connectivity index (χ3n) is 4.82. The summed E-state index contributed by atoms with van der Waals surface area (Å²) in [5, 5.41) is 18.6. The lowest BCUT2D eigenvalue weighted by atomic mass is 10.0. The highest BCUT2D eigenvalue weighted by Gasteiger charge is 2.27. The van der Waals surface area contributed by atoms with Crippen LogP contribution in [0.1, 0.15) is 24.8 Å². The Morgan fingerprint density at radius 3 is 3.00 bits per heavy atom. The van der Waals surface area contributed by atoms with Gasteiger partial charge in [0.15, 0.2) is 5.96 Å². The maximum Gasteiger partial charge on any atom is 0.194 e. The van der Waals surface area contributed by atoms with Gasteiger partial charge in [-0.2, -0.15) is 5.10 Å². The van der Waals surface area contributed by atoms with Crippen molar-refractivity contribution in [2.75, 3.05) is 32.8 Å². The van der Waals surface area contributed by atoms with Gasteiger partial charge in [-0.3, -0.25) is 9.67 Å². The zero-order valence-electron chi connectivity index (χ0n) is 16.7. The highest BCUT2D eigenvalue weighted by atomic mass is 35.5. The van der Waals surface area contributed by atoms with E-state index in [4.69, 9.17) is 27.9 Å². The Hall–Kier alpha value is -1.96. The molecule has 2 atom stereocenters. The molecule has 3 rings (SSSR count).